The smallest absolute Gasteiger partial charge is 0.109 e. The van der Waals surface area contributed by atoms with Crippen molar-refractivity contribution in [3.63, 3.8) is 0 Å². The van der Waals surface area contributed by atoms with Crippen molar-refractivity contribution in [2.75, 3.05) is 13.1 Å². The second-order valence-electron chi connectivity index (χ2n) is 4.88. The molecule has 0 radical (unpaired) electrons. The van der Waals surface area contributed by atoms with Crippen molar-refractivity contribution in [2.24, 2.45) is 7.05 Å². The van der Waals surface area contributed by atoms with Crippen LogP contribution in [0.25, 0.3) is 11.0 Å². The van der Waals surface area contributed by atoms with Gasteiger partial charge in [-0.05, 0) is 36.6 Å². The Morgan fingerprint density at radius 3 is 3.06 bits per heavy atom. The van der Waals surface area contributed by atoms with Crippen molar-refractivity contribution in [1.29, 1.82) is 0 Å². The van der Waals surface area contributed by atoms with E-state index in [1.165, 1.54) is 23.3 Å². The number of benzene rings is 1. The quantitative estimate of drug-likeness (QED) is 0.855. The van der Waals surface area contributed by atoms with E-state index in [1.54, 1.807) is 0 Å². The van der Waals surface area contributed by atoms with Crippen LogP contribution in [0.2, 0.25) is 0 Å². The Labute approximate surface area is 102 Å². The number of nitrogens with zero attached hydrogens (tertiary/aromatic N) is 2. The van der Waals surface area contributed by atoms with Crippen molar-refractivity contribution < 1.29 is 0 Å². The summed E-state index contributed by atoms with van der Waals surface area (Å²) in [6.07, 6.45) is 2.25. The van der Waals surface area contributed by atoms with Gasteiger partial charge in [0.1, 0.15) is 5.82 Å². The fourth-order valence-corrected chi connectivity index (χ4v) is 2.77. The van der Waals surface area contributed by atoms with Gasteiger partial charge in [0.2, 0.25) is 0 Å². The molecule has 3 heteroatoms. The van der Waals surface area contributed by atoms with Crippen LogP contribution in [0.15, 0.2) is 18.2 Å². The zero-order valence-electron chi connectivity index (χ0n) is 10.5. The summed E-state index contributed by atoms with van der Waals surface area (Å²) in [6, 6.07) is 6.73. The first-order chi connectivity index (χ1) is 8.29. The number of imidazole rings is 1. The first kappa shape index (κ1) is 10.8. The average Bonchev–Trinajstić information content (AvgIpc) is 2.97. The predicted molar refractivity (Wildman–Crippen MR) is 70.3 cm³/mol. The second kappa shape index (κ2) is 4.15. The van der Waals surface area contributed by atoms with Crippen LogP contribution in [0.5, 0.6) is 0 Å². The van der Waals surface area contributed by atoms with Gasteiger partial charge in [0.05, 0.1) is 11.0 Å². The van der Waals surface area contributed by atoms with Crippen LogP contribution in [0.1, 0.15) is 30.7 Å². The van der Waals surface area contributed by atoms with Crippen LogP contribution in [0, 0.1) is 0 Å². The first-order valence-electron chi connectivity index (χ1n) is 6.45. The van der Waals surface area contributed by atoms with Gasteiger partial charge in [-0.3, -0.25) is 0 Å². The molecular formula is C14H19N3. The van der Waals surface area contributed by atoms with Gasteiger partial charge in [-0.25, -0.2) is 4.98 Å². The standard InChI is InChI=1S/C14H19N3/c1-3-14-16-12-5-4-10(8-13(12)17(14)2)11-6-7-15-9-11/h4-5,8,11,15H,3,6-7,9H2,1-2H3. The van der Waals surface area contributed by atoms with Gasteiger partial charge in [0.25, 0.3) is 0 Å². The van der Waals surface area contributed by atoms with Crippen molar-refractivity contribution in [3.8, 4) is 0 Å². The van der Waals surface area contributed by atoms with E-state index in [4.69, 9.17) is 0 Å². The fourth-order valence-electron chi connectivity index (χ4n) is 2.77. The van der Waals surface area contributed by atoms with Gasteiger partial charge in [-0.15, -0.1) is 0 Å². The number of hydrogen-bond donors (Lipinski definition) is 1. The zero-order chi connectivity index (χ0) is 11.8. The van der Waals surface area contributed by atoms with Crippen LogP contribution < -0.4 is 5.32 Å². The average molecular weight is 229 g/mol. The maximum absolute atomic E-state index is 4.65. The Bertz CT molecular complexity index is 536. The van der Waals surface area contributed by atoms with Gasteiger partial charge in [0, 0.05) is 20.0 Å². The lowest BCUT2D eigenvalue weighted by atomic mass is 9.98. The highest BCUT2D eigenvalue weighted by Gasteiger charge is 2.17. The molecule has 1 aliphatic rings. The number of aryl methyl sites for hydroxylation is 2. The molecule has 1 aliphatic heterocycles. The van der Waals surface area contributed by atoms with Crippen molar-refractivity contribution in [2.45, 2.75) is 25.7 Å². The van der Waals surface area contributed by atoms with Crippen LogP contribution in [-0.4, -0.2) is 22.6 Å². The molecule has 0 spiro atoms. The normalized spacial score (nSPS) is 20.2. The number of rotatable bonds is 2. The largest absolute Gasteiger partial charge is 0.331 e. The molecule has 0 aliphatic carbocycles. The number of nitrogens with one attached hydrogen (secondary N) is 1. The lowest BCUT2D eigenvalue weighted by Gasteiger charge is -2.09. The lowest BCUT2D eigenvalue weighted by molar-refractivity contribution is 0.763. The summed E-state index contributed by atoms with van der Waals surface area (Å²) in [7, 11) is 2.12. The highest BCUT2D eigenvalue weighted by molar-refractivity contribution is 5.77. The molecule has 2 aromatic rings. The summed E-state index contributed by atoms with van der Waals surface area (Å²) in [5, 5.41) is 3.43. The molecule has 1 saturated heterocycles. The Kier molecular flexibility index (Phi) is 2.63. The monoisotopic (exact) mass is 229 g/mol. The summed E-state index contributed by atoms with van der Waals surface area (Å²) < 4.78 is 2.22. The van der Waals surface area contributed by atoms with Crippen LogP contribution in [0.4, 0.5) is 0 Å². The summed E-state index contributed by atoms with van der Waals surface area (Å²) in [6.45, 7) is 4.42. The molecular weight excluding hydrogens is 210 g/mol. The van der Waals surface area contributed by atoms with Gasteiger partial charge in [-0.2, -0.15) is 0 Å². The molecule has 3 nitrogen and oxygen atoms in total. The Morgan fingerprint density at radius 1 is 1.47 bits per heavy atom. The van der Waals surface area contributed by atoms with E-state index in [2.05, 4.69) is 47.0 Å². The van der Waals surface area contributed by atoms with Gasteiger partial charge in [0.15, 0.2) is 0 Å². The third-order valence-corrected chi connectivity index (χ3v) is 3.85. The van der Waals surface area contributed by atoms with E-state index in [1.807, 2.05) is 0 Å². The molecule has 0 bridgehead atoms. The van der Waals surface area contributed by atoms with E-state index in [0.29, 0.717) is 5.92 Å². The molecule has 1 aromatic heterocycles. The molecule has 0 saturated carbocycles. The Hall–Kier alpha value is -1.35. The molecule has 2 heterocycles. The van der Waals surface area contributed by atoms with E-state index in [9.17, 15) is 0 Å². The van der Waals surface area contributed by atoms with E-state index in [0.717, 1.165) is 25.0 Å². The van der Waals surface area contributed by atoms with E-state index >= 15 is 0 Å². The topological polar surface area (TPSA) is 29.9 Å². The summed E-state index contributed by atoms with van der Waals surface area (Å²) in [4.78, 5) is 4.65. The second-order valence-corrected chi connectivity index (χ2v) is 4.88. The maximum Gasteiger partial charge on any atom is 0.109 e. The SMILES string of the molecule is CCc1nc2ccc(C3CCNC3)cc2n1C. The Morgan fingerprint density at radius 2 is 2.35 bits per heavy atom. The number of fused-ring (bicyclic) bond motifs is 1. The fraction of sp³-hybridized carbons (Fsp3) is 0.500. The molecule has 1 N–H and O–H groups in total. The van der Waals surface area contributed by atoms with Gasteiger partial charge < -0.3 is 9.88 Å². The van der Waals surface area contributed by atoms with Crippen LogP contribution >= 0.6 is 0 Å². The number of aromatic nitrogens is 2. The summed E-state index contributed by atoms with van der Waals surface area (Å²) >= 11 is 0. The molecule has 3 rings (SSSR count). The van der Waals surface area contributed by atoms with Crippen LogP contribution in [-0.2, 0) is 13.5 Å². The molecule has 0 amide bonds. The zero-order valence-corrected chi connectivity index (χ0v) is 10.5. The van der Waals surface area contributed by atoms with E-state index in [-0.39, 0.29) is 0 Å². The summed E-state index contributed by atoms with van der Waals surface area (Å²) in [5.41, 5.74) is 3.85. The van der Waals surface area contributed by atoms with Crippen molar-refractivity contribution >= 4 is 11.0 Å². The summed E-state index contributed by atoms with van der Waals surface area (Å²) in [5.74, 6) is 1.85. The minimum absolute atomic E-state index is 0.680. The predicted octanol–water partition coefficient (Wildman–Crippen LogP) is 2.21. The third kappa shape index (κ3) is 1.75. The van der Waals surface area contributed by atoms with Gasteiger partial charge >= 0.3 is 0 Å². The minimum atomic E-state index is 0.680. The molecule has 1 unspecified atom stereocenters. The number of hydrogen-bond acceptors (Lipinski definition) is 2. The molecule has 1 fully saturated rings. The molecule has 1 aromatic carbocycles. The van der Waals surface area contributed by atoms with Crippen LogP contribution in [0.3, 0.4) is 0 Å². The van der Waals surface area contributed by atoms with Crippen molar-refractivity contribution in [1.82, 2.24) is 14.9 Å². The van der Waals surface area contributed by atoms with Crippen molar-refractivity contribution in [3.05, 3.63) is 29.6 Å². The van der Waals surface area contributed by atoms with E-state index < -0.39 is 0 Å². The molecule has 1 atom stereocenters. The minimum Gasteiger partial charge on any atom is -0.331 e. The molecule has 90 valence electrons. The van der Waals surface area contributed by atoms with Gasteiger partial charge in [-0.1, -0.05) is 13.0 Å². The highest BCUT2D eigenvalue weighted by atomic mass is 15.1. The highest BCUT2D eigenvalue weighted by Crippen LogP contribution is 2.26. The Balaban J connectivity index is 2.08. The maximum atomic E-state index is 4.65. The molecule has 17 heavy (non-hydrogen) atoms. The third-order valence-electron chi connectivity index (χ3n) is 3.85. The lowest BCUT2D eigenvalue weighted by Crippen LogP contribution is -2.07. The first-order valence-corrected chi connectivity index (χ1v) is 6.45.